The van der Waals surface area contributed by atoms with Crippen LogP contribution in [0, 0.1) is 12.7 Å². The van der Waals surface area contributed by atoms with Gasteiger partial charge in [-0.05, 0) is 67.6 Å². The SMILES string of the molecule is Cc1ccc(-n2nc(C(=O)Nc3ccc(Br)cc3)nc2-c2ccc(F)cc2)cc1. The van der Waals surface area contributed by atoms with Crippen LogP contribution in [0.5, 0.6) is 0 Å². The Kier molecular flexibility index (Phi) is 5.22. The van der Waals surface area contributed by atoms with Gasteiger partial charge in [0.1, 0.15) is 5.82 Å². The van der Waals surface area contributed by atoms with Gasteiger partial charge in [-0.3, -0.25) is 4.79 Å². The zero-order valence-electron chi connectivity index (χ0n) is 15.4. The second-order valence-corrected chi connectivity index (χ2v) is 7.39. The maximum atomic E-state index is 13.4. The minimum atomic E-state index is -0.429. The number of hydrogen-bond acceptors (Lipinski definition) is 3. The van der Waals surface area contributed by atoms with E-state index in [0.717, 1.165) is 15.7 Å². The number of nitrogens with one attached hydrogen (secondary N) is 1. The molecule has 7 heteroatoms. The van der Waals surface area contributed by atoms with Gasteiger partial charge in [0.15, 0.2) is 5.82 Å². The monoisotopic (exact) mass is 450 g/mol. The zero-order chi connectivity index (χ0) is 20.4. The molecule has 4 aromatic rings. The molecule has 0 spiro atoms. The van der Waals surface area contributed by atoms with Crippen molar-refractivity contribution in [3.63, 3.8) is 0 Å². The van der Waals surface area contributed by atoms with Crippen molar-refractivity contribution in [2.75, 3.05) is 5.32 Å². The van der Waals surface area contributed by atoms with Crippen molar-refractivity contribution < 1.29 is 9.18 Å². The third-order valence-corrected chi connectivity index (χ3v) is 4.82. The molecule has 0 radical (unpaired) electrons. The number of carbonyl (C=O) groups is 1. The number of anilines is 1. The average molecular weight is 451 g/mol. The molecule has 0 aliphatic heterocycles. The van der Waals surface area contributed by atoms with Crippen LogP contribution >= 0.6 is 15.9 Å². The van der Waals surface area contributed by atoms with E-state index in [-0.39, 0.29) is 11.6 Å². The summed E-state index contributed by atoms with van der Waals surface area (Å²) in [5, 5.41) is 7.20. The van der Waals surface area contributed by atoms with Crippen molar-refractivity contribution in [3.8, 4) is 17.1 Å². The van der Waals surface area contributed by atoms with E-state index < -0.39 is 5.91 Å². The summed E-state index contributed by atoms with van der Waals surface area (Å²) in [5.74, 6) is -0.299. The molecular formula is C22H16BrFN4O. The Morgan fingerprint density at radius 3 is 2.28 bits per heavy atom. The van der Waals surface area contributed by atoms with E-state index in [1.54, 1.807) is 28.9 Å². The van der Waals surface area contributed by atoms with Crippen molar-refractivity contribution in [2.45, 2.75) is 6.92 Å². The lowest BCUT2D eigenvalue weighted by Gasteiger charge is -2.06. The fraction of sp³-hybridized carbons (Fsp3) is 0.0455. The van der Waals surface area contributed by atoms with E-state index in [4.69, 9.17) is 0 Å². The summed E-state index contributed by atoms with van der Waals surface area (Å²) in [5.41, 5.74) is 3.14. The molecular weight excluding hydrogens is 435 g/mol. The third kappa shape index (κ3) is 4.25. The summed E-state index contributed by atoms with van der Waals surface area (Å²) in [4.78, 5) is 17.1. The molecule has 0 saturated carbocycles. The standard InChI is InChI=1S/C22H16BrFN4O/c1-14-2-12-19(13-3-14)28-21(15-4-8-17(24)9-5-15)26-20(27-28)22(29)25-18-10-6-16(23)7-11-18/h2-13H,1H3,(H,25,29). The molecule has 0 fully saturated rings. The summed E-state index contributed by atoms with van der Waals surface area (Å²) in [6, 6.07) is 20.8. The number of aryl methyl sites for hydroxylation is 1. The van der Waals surface area contributed by atoms with Crippen LogP contribution in [-0.4, -0.2) is 20.7 Å². The van der Waals surface area contributed by atoms with E-state index in [1.807, 2.05) is 43.3 Å². The highest BCUT2D eigenvalue weighted by molar-refractivity contribution is 9.10. The summed E-state index contributed by atoms with van der Waals surface area (Å²) in [7, 11) is 0. The van der Waals surface area contributed by atoms with Crippen LogP contribution in [0.25, 0.3) is 17.1 Å². The molecule has 0 aliphatic carbocycles. The molecule has 0 saturated heterocycles. The fourth-order valence-corrected chi connectivity index (χ4v) is 3.04. The summed E-state index contributed by atoms with van der Waals surface area (Å²) >= 11 is 3.36. The molecule has 1 N–H and O–H groups in total. The largest absolute Gasteiger partial charge is 0.319 e. The highest BCUT2D eigenvalue weighted by Gasteiger charge is 2.19. The summed E-state index contributed by atoms with van der Waals surface area (Å²) < 4.78 is 15.9. The van der Waals surface area contributed by atoms with Crippen LogP contribution in [-0.2, 0) is 0 Å². The van der Waals surface area contributed by atoms with E-state index in [2.05, 4.69) is 31.3 Å². The molecule has 0 unspecified atom stereocenters. The Labute approximate surface area is 175 Å². The molecule has 1 heterocycles. The Bertz CT molecular complexity index is 1090. The van der Waals surface area contributed by atoms with Crippen LogP contribution in [0.2, 0.25) is 0 Å². The first-order valence-corrected chi connectivity index (χ1v) is 9.66. The third-order valence-electron chi connectivity index (χ3n) is 4.29. The van der Waals surface area contributed by atoms with E-state index in [9.17, 15) is 9.18 Å². The molecule has 4 rings (SSSR count). The molecule has 3 aromatic carbocycles. The zero-order valence-corrected chi connectivity index (χ0v) is 17.0. The smallest absolute Gasteiger partial charge is 0.295 e. The van der Waals surface area contributed by atoms with Crippen molar-refractivity contribution in [1.29, 1.82) is 0 Å². The van der Waals surface area contributed by atoms with E-state index in [0.29, 0.717) is 17.1 Å². The predicted octanol–water partition coefficient (Wildman–Crippen LogP) is 5.40. The second kappa shape index (κ2) is 7.97. The highest BCUT2D eigenvalue weighted by atomic mass is 79.9. The normalized spacial score (nSPS) is 10.7. The lowest BCUT2D eigenvalue weighted by Crippen LogP contribution is -2.14. The number of halogens is 2. The number of aromatic nitrogens is 3. The van der Waals surface area contributed by atoms with Gasteiger partial charge >= 0.3 is 0 Å². The first-order chi connectivity index (χ1) is 14.0. The van der Waals surface area contributed by atoms with E-state index >= 15 is 0 Å². The Morgan fingerprint density at radius 2 is 1.62 bits per heavy atom. The number of carbonyl (C=O) groups excluding carboxylic acids is 1. The minimum absolute atomic E-state index is 0.0211. The Morgan fingerprint density at radius 1 is 0.966 bits per heavy atom. The average Bonchev–Trinajstić information content (AvgIpc) is 3.16. The first-order valence-electron chi connectivity index (χ1n) is 8.86. The minimum Gasteiger partial charge on any atom is -0.319 e. The van der Waals surface area contributed by atoms with Gasteiger partial charge < -0.3 is 5.32 Å². The maximum Gasteiger partial charge on any atom is 0.295 e. The van der Waals surface area contributed by atoms with E-state index in [1.165, 1.54) is 12.1 Å². The molecule has 29 heavy (non-hydrogen) atoms. The molecule has 0 bridgehead atoms. The van der Waals surface area contributed by atoms with Crippen molar-refractivity contribution in [2.24, 2.45) is 0 Å². The van der Waals surface area contributed by atoms with Gasteiger partial charge in [-0.25, -0.2) is 14.1 Å². The molecule has 0 aliphatic rings. The molecule has 0 atom stereocenters. The van der Waals surface area contributed by atoms with Crippen LogP contribution in [0.3, 0.4) is 0 Å². The number of rotatable bonds is 4. The highest BCUT2D eigenvalue weighted by Crippen LogP contribution is 2.23. The van der Waals surface area contributed by atoms with Crippen LogP contribution in [0.15, 0.2) is 77.3 Å². The summed E-state index contributed by atoms with van der Waals surface area (Å²) in [6.45, 7) is 1.99. The van der Waals surface area contributed by atoms with Crippen LogP contribution < -0.4 is 5.32 Å². The van der Waals surface area contributed by atoms with Gasteiger partial charge in [-0.1, -0.05) is 33.6 Å². The van der Waals surface area contributed by atoms with Crippen molar-refractivity contribution >= 4 is 27.5 Å². The van der Waals surface area contributed by atoms with Crippen LogP contribution in [0.4, 0.5) is 10.1 Å². The maximum absolute atomic E-state index is 13.4. The van der Waals surface area contributed by atoms with Gasteiger partial charge in [-0.2, -0.15) is 0 Å². The Balaban J connectivity index is 1.74. The summed E-state index contributed by atoms with van der Waals surface area (Å²) in [6.07, 6.45) is 0. The topological polar surface area (TPSA) is 59.8 Å². The van der Waals surface area contributed by atoms with Crippen LogP contribution in [0.1, 0.15) is 16.2 Å². The quantitative estimate of drug-likeness (QED) is 0.452. The molecule has 1 amide bonds. The molecule has 1 aromatic heterocycles. The van der Waals surface area contributed by atoms with Gasteiger partial charge in [0, 0.05) is 15.7 Å². The van der Waals surface area contributed by atoms with Gasteiger partial charge in [0.05, 0.1) is 5.69 Å². The predicted molar refractivity (Wildman–Crippen MR) is 114 cm³/mol. The second-order valence-electron chi connectivity index (χ2n) is 6.47. The lowest BCUT2D eigenvalue weighted by molar-refractivity contribution is 0.101. The fourth-order valence-electron chi connectivity index (χ4n) is 2.78. The lowest BCUT2D eigenvalue weighted by atomic mass is 10.2. The molecule has 5 nitrogen and oxygen atoms in total. The number of hydrogen-bond donors (Lipinski definition) is 1. The van der Waals surface area contributed by atoms with Crippen molar-refractivity contribution in [3.05, 3.63) is 94.5 Å². The van der Waals surface area contributed by atoms with Crippen molar-refractivity contribution in [1.82, 2.24) is 14.8 Å². The first kappa shape index (κ1) is 19.0. The number of benzene rings is 3. The number of amides is 1. The van der Waals surface area contributed by atoms with Gasteiger partial charge in [-0.15, -0.1) is 5.10 Å². The van der Waals surface area contributed by atoms with Gasteiger partial charge in [0.25, 0.3) is 5.91 Å². The molecule has 144 valence electrons. The number of nitrogens with zero attached hydrogens (tertiary/aromatic N) is 3. The Hall–Kier alpha value is -3.32. The van der Waals surface area contributed by atoms with Gasteiger partial charge in [0.2, 0.25) is 5.82 Å².